The third-order valence-electron chi connectivity index (χ3n) is 2.58. The predicted octanol–water partition coefficient (Wildman–Crippen LogP) is 0.616. The van der Waals surface area contributed by atoms with Crippen LogP contribution in [0, 0.1) is 0 Å². The molecule has 2 heterocycles. The largest absolute Gasteiger partial charge is 0.335 e. The maximum absolute atomic E-state index is 11.4. The van der Waals surface area contributed by atoms with Gasteiger partial charge in [-0.25, -0.2) is 14.8 Å². The van der Waals surface area contributed by atoms with Crippen molar-refractivity contribution in [3.63, 3.8) is 0 Å². The molecule has 2 saturated heterocycles. The fraction of sp³-hybridized carbons (Fsp3) is 0.800. The number of nitrogens with one attached hydrogen (secondary N) is 1. The lowest BCUT2D eigenvalue weighted by Crippen LogP contribution is -2.58. The van der Waals surface area contributed by atoms with Gasteiger partial charge in [-0.15, -0.1) is 0 Å². The van der Waals surface area contributed by atoms with Crippen LogP contribution in [0.5, 0.6) is 0 Å². The first-order valence-corrected chi connectivity index (χ1v) is 5.52. The maximum Gasteiger partial charge on any atom is 0.332 e. The van der Waals surface area contributed by atoms with Gasteiger partial charge in [-0.05, 0) is 13.3 Å². The third kappa shape index (κ3) is 2.28. The summed E-state index contributed by atoms with van der Waals surface area (Å²) >= 11 is 0. The molecule has 0 saturated carbocycles. The molecule has 0 spiro atoms. The van der Waals surface area contributed by atoms with E-state index >= 15 is 0 Å². The summed E-state index contributed by atoms with van der Waals surface area (Å²) in [4.78, 5) is 22.6. The van der Waals surface area contributed by atoms with E-state index in [1.165, 1.54) is 6.92 Å². The van der Waals surface area contributed by atoms with Gasteiger partial charge in [0.2, 0.25) is 0 Å². The Kier molecular flexibility index (Phi) is 4.08. The van der Waals surface area contributed by atoms with E-state index in [1.807, 2.05) is 18.9 Å². The Balaban J connectivity index is 0.000000531. The molecule has 86 valence electrons. The molecule has 5 heteroatoms. The molecular weight excluding hydrogens is 194 g/mol. The minimum Gasteiger partial charge on any atom is -0.335 e. The molecule has 0 aromatic carbocycles. The van der Waals surface area contributed by atoms with Crippen molar-refractivity contribution in [3.8, 4) is 0 Å². The first-order valence-electron chi connectivity index (χ1n) is 5.52. The van der Waals surface area contributed by atoms with Crippen LogP contribution in [-0.2, 0) is 4.79 Å². The summed E-state index contributed by atoms with van der Waals surface area (Å²) in [5, 5.41) is 6.24. The van der Waals surface area contributed by atoms with Crippen LogP contribution in [0.2, 0.25) is 0 Å². The highest BCUT2D eigenvalue weighted by Crippen LogP contribution is 2.20. The molecule has 0 bridgehead atoms. The number of urea groups is 1. The van der Waals surface area contributed by atoms with E-state index in [0.29, 0.717) is 6.54 Å². The average Bonchev–Trinajstić information content (AvgIpc) is 2.66. The molecular formula is C10H19N3O2. The number of carbonyl (C=O) groups excluding carboxylic acids is 2. The van der Waals surface area contributed by atoms with Crippen LogP contribution in [-0.4, -0.2) is 47.5 Å². The summed E-state index contributed by atoms with van der Waals surface area (Å²) in [6.07, 6.45) is 0.767. The van der Waals surface area contributed by atoms with Gasteiger partial charge in [0.05, 0.1) is 0 Å². The molecule has 5 nitrogen and oxygen atoms in total. The fourth-order valence-corrected chi connectivity index (χ4v) is 1.94. The number of hydrogen-bond acceptors (Lipinski definition) is 3. The summed E-state index contributed by atoms with van der Waals surface area (Å²) in [6, 6.07) is -0.371. The molecule has 2 fully saturated rings. The van der Waals surface area contributed by atoms with Crippen LogP contribution in [0.4, 0.5) is 4.79 Å². The van der Waals surface area contributed by atoms with E-state index in [1.54, 1.807) is 5.01 Å². The summed E-state index contributed by atoms with van der Waals surface area (Å²) < 4.78 is 0. The van der Waals surface area contributed by atoms with Crippen molar-refractivity contribution < 1.29 is 9.59 Å². The summed E-state index contributed by atoms with van der Waals surface area (Å²) in [5.74, 6) is 0.0690. The number of nitrogens with zero attached hydrogens (tertiary/aromatic N) is 2. The van der Waals surface area contributed by atoms with Crippen LogP contribution >= 0.6 is 0 Å². The standard InChI is InChI=1S/C8H13N3O2.C2H6/c1-6(12)7-2-4-10-5-3-9-8(13)11(7)10;1-2/h7H,2-5H2,1H3,(H,9,13);1-2H3/t7-;/m0./s1. The summed E-state index contributed by atoms with van der Waals surface area (Å²) in [7, 11) is 0. The lowest BCUT2D eigenvalue weighted by Gasteiger charge is -2.35. The van der Waals surface area contributed by atoms with Gasteiger partial charge in [0, 0.05) is 19.6 Å². The molecule has 1 atom stereocenters. The third-order valence-corrected chi connectivity index (χ3v) is 2.58. The Hall–Kier alpha value is -1.10. The first-order chi connectivity index (χ1) is 7.20. The number of rotatable bonds is 1. The quantitative estimate of drug-likeness (QED) is 0.694. The highest BCUT2D eigenvalue weighted by Gasteiger charge is 2.39. The maximum atomic E-state index is 11.4. The van der Waals surface area contributed by atoms with Gasteiger partial charge in [0.25, 0.3) is 0 Å². The van der Waals surface area contributed by atoms with Gasteiger partial charge in [-0.2, -0.15) is 0 Å². The lowest BCUT2D eigenvalue weighted by atomic mass is 10.1. The predicted molar refractivity (Wildman–Crippen MR) is 57.2 cm³/mol. The Morgan fingerprint density at radius 2 is 2.07 bits per heavy atom. The van der Waals surface area contributed by atoms with Crippen molar-refractivity contribution in [1.29, 1.82) is 0 Å². The van der Waals surface area contributed by atoms with Crippen LogP contribution in [0.15, 0.2) is 0 Å². The molecule has 0 aromatic heterocycles. The zero-order chi connectivity index (χ0) is 11.4. The highest BCUT2D eigenvalue weighted by molar-refractivity contribution is 5.87. The van der Waals surface area contributed by atoms with E-state index in [2.05, 4.69) is 5.32 Å². The van der Waals surface area contributed by atoms with Gasteiger partial charge in [0.1, 0.15) is 6.04 Å². The molecule has 0 aromatic rings. The fourth-order valence-electron chi connectivity index (χ4n) is 1.94. The van der Waals surface area contributed by atoms with Crippen molar-refractivity contribution in [2.45, 2.75) is 33.2 Å². The number of ketones is 1. The van der Waals surface area contributed by atoms with E-state index in [4.69, 9.17) is 0 Å². The number of fused-ring (bicyclic) bond motifs is 1. The Morgan fingerprint density at radius 1 is 1.40 bits per heavy atom. The number of carbonyl (C=O) groups is 2. The molecule has 0 unspecified atom stereocenters. The molecule has 0 radical (unpaired) electrons. The normalized spacial score (nSPS) is 25.1. The number of Topliss-reactive ketones (excluding diaryl/α,β-unsaturated/α-hetero) is 1. The van der Waals surface area contributed by atoms with Crippen LogP contribution in [0.1, 0.15) is 27.2 Å². The summed E-state index contributed by atoms with van der Waals surface area (Å²) in [6.45, 7) is 7.85. The zero-order valence-electron chi connectivity index (χ0n) is 9.62. The SMILES string of the molecule is CC.CC(=O)[C@@H]1CCN2CCNC(=O)N12. The van der Waals surface area contributed by atoms with E-state index in [0.717, 1.165) is 19.5 Å². The molecule has 2 aliphatic rings. The van der Waals surface area contributed by atoms with Crippen LogP contribution in [0.3, 0.4) is 0 Å². The Labute approximate surface area is 90.4 Å². The Morgan fingerprint density at radius 3 is 2.67 bits per heavy atom. The van der Waals surface area contributed by atoms with E-state index in [-0.39, 0.29) is 17.9 Å². The molecule has 2 rings (SSSR count). The lowest BCUT2D eigenvalue weighted by molar-refractivity contribution is -0.123. The number of amides is 2. The van der Waals surface area contributed by atoms with Crippen LogP contribution < -0.4 is 5.32 Å². The van der Waals surface area contributed by atoms with Gasteiger partial charge >= 0.3 is 6.03 Å². The van der Waals surface area contributed by atoms with E-state index in [9.17, 15) is 9.59 Å². The molecule has 2 amide bonds. The number of hydrogen-bond donors (Lipinski definition) is 1. The second-order valence-corrected chi connectivity index (χ2v) is 3.45. The monoisotopic (exact) mass is 213 g/mol. The van der Waals surface area contributed by atoms with Crippen molar-refractivity contribution in [2.75, 3.05) is 19.6 Å². The minimum atomic E-state index is -0.236. The zero-order valence-corrected chi connectivity index (χ0v) is 9.62. The molecule has 15 heavy (non-hydrogen) atoms. The summed E-state index contributed by atoms with van der Waals surface area (Å²) in [5.41, 5.74) is 0. The topological polar surface area (TPSA) is 52.7 Å². The number of hydrazine groups is 1. The van der Waals surface area contributed by atoms with Crippen molar-refractivity contribution in [1.82, 2.24) is 15.3 Å². The van der Waals surface area contributed by atoms with Crippen LogP contribution in [0.25, 0.3) is 0 Å². The second-order valence-electron chi connectivity index (χ2n) is 3.45. The Bertz CT molecular complexity index is 255. The molecule has 2 aliphatic heterocycles. The van der Waals surface area contributed by atoms with Crippen molar-refractivity contribution in [3.05, 3.63) is 0 Å². The highest BCUT2D eigenvalue weighted by atomic mass is 16.2. The van der Waals surface area contributed by atoms with Gasteiger partial charge in [-0.3, -0.25) is 4.79 Å². The average molecular weight is 213 g/mol. The smallest absolute Gasteiger partial charge is 0.332 e. The van der Waals surface area contributed by atoms with E-state index < -0.39 is 0 Å². The minimum absolute atomic E-state index is 0.0690. The van der Waals surface area contributed by atoms with Gasteiger partial charge < -0.3 is 5.32 Å². The second kappa shape index (κ2) is 5.11. The van der Waals surface area contributed by atoms with Crippen molar-refractivity contribution in [2.24, 2.45) is 0 Å². The van der Waals surface area contributed by atoms with Crippen molar-refractivity contribution >= 4 is 11.8 Å². The molecule has 0 aliphatic carbocycles. The molecule has 1 N–H and O–H groups in total. The van der Waals surface area contributed by atoms with Gasteiger partial charge in [-0.1, -0.05) is 13.8 Å². The first kappa shape index (κ1) is 12.0. The van der Waals surface area contributed by atoms with Gasteiger partial charge in [0.15, 0.2) is 5.78 Å².